The second-order valence-electron chi connectivity index (χ2n) is 16.8. The third-order valence-corrected chi connectivity index (χ3v) is 12.9. The molecule has 1 aliphatic carbocycles. The number of aliphatic hydroxyl groups is 2. The molecule has 3 aromatic rings. The van der Waals surface area contributed by atoms with Crippen molar-refractivity contribution >= 4 is 19.2 Å². The minimum absolute atomic E-state index is 0.0103. The lowest BCUT2D eigenvalue weighted by Crippen LogP contribution is -2.41. The summed E-state index contributed by atoms with van der Waals surface area (Å²) in [5.41, 5.74) is 1.00. The van der Waals surface area contributed by atoms with Crippen molar-refractivity contribution in [3.05, 3.63) is 59.0 Å². The Morgan fingerprint density at radius 1 is 0.921 bits per heavy atom. The molecule has 2 aromatic heterocycles. The van der Waals surface area contributed by atoms with E-state index in [1.54, 1.807) is 6.07 Å². The molecule has 3 heterocycles. The van der Waals surface area contributed by atoms with Crippen LogP contribution in [-0.2, 0) is 46.2 Å². The maximum atomic E-state index is 13.8. The molecule has 1 aromatic carbocycles. The maximum absolute atomic E-state index is 13.8. The summed E-state index contributed by atoms with van der Waals surface area (Å²) < 4.78 is 84.3. The van der Waals surface area contributed by atoms with Crippen LogP contribution in [0.4, 0.5) is 19.0 Å². The number of fused-ring (bicyclic) bond motifs is 1. The van der Waals surface area contributed by atoms with E-state index in [0.717, 1.165) is 38.1 Å². The van der Waals surface area contributed by atoms with Gasteiger partial charge in [0.1, 0.15) is 41.8 Å². The van der Waals surface area contributed by atoms with Crippen molar-refractivity contribution in [2.75, 3.05) is 32.2 Å². The molecular weight excluding hydrogens is 844 g/mol. The van der Waals surface area contributed by atoms with E-state index >= 15 is 0 Å². The van der Waals surface area contributed by atoms with Crippen molar-refractivity contribution in [3.63, 3.8) is 0 Å². The largest absolute Gasteiger partial charge is 0.472 e. The molecule has 7 atom stereocenters. The molecule has 15 nitrogen and oxygen atoms in total. The zero-order valence-electron chi connectivity index (χ0n) is 36.0. The van der Waals surface area contributed by atoms with Gasteiger partial charge in [0.05, 0.1) is 49.3 Å². The number of anilines is 1. The van der Waals surface area contributed by atoms with Gasteiger partial charge in [-0.25, -0.2) is 14.1 Å². The van der Waals surface area contributed by atoms with Crippen LogP contribution in [0.2, 0.25) is 0 Å². The second kappa shape index (κ2) is 23.5. The fraction of sp³-hybridized carbons (Fsp3) is 0.682. The lowest BCUT2D eigenvalue weighted by molar-refractivity contribution is -0.139. The average Bonchev–Trinajstić information content (AvgIpc) is 3.63. The first-order chi connectivity index (χ1) is 30.2. The molecule has 2 fully saturated rings. The standard InChI is InChI=1S/C44H62F3N6O9P/c1-2-3-4-5-6-7-8-9-10-11-12-13-14-15-16-17-22-58-26-33(27-59-29-34-19-18-32(25-48)23-35(34)44(45,46)47)28-60-63(56,57)61-38-24-42(38)39(54)40(55)43(30-49,62-42)37-21-20-36-41(50)51-31-52-53(36)37/h18-21,23,31,33,38-40,54-55H,2-17,22,24,26-29H2,1H3,(H,56,57)(H2,50,51,52)/t33-,38-,39-,40+,42-,43-/m0/s1. The van der Waals surface area contributed by atoms with Crippen LogP contribution in [0, 0.1) is 28.6 Å². The summed E-state index contributed by atoms with van der Waals surface area (Å²) in [5.74, 6) is -0.637. The van der Waals surface area contributed by atoms with Gasteiger partial charge in [0.25, 0.3) is 0 Å². The molecule has 19 heteroatoms. The Hall–Kier alpha value is -3.68. The molecule has 5 rings (SSSR count). The number of nitrogen functional groups attached to an aromatic ring is 1. The minimum Gasteiger partial charge on any atom is -0.387 e. The van der Waals surface area contributed by atoms with Crippen LogP contribution in [0.25, 0.3) is 5.52 Å². The summed E-state index contributed by atoms with van der Waals surface area (Å²) in [6.45, 7) is 1.46. The van der Waals surface area contributed by atoms with Gasteiger partial charge in [0.15, 0.2) is 5.82 Å². The molecule has 1 aliphatic heterocycles. The van der Waals surface area contributed by atoms with Gasteiger partial charge in [0.2, 0.25) is 5.60 Å². The van der Waals surface area contributed by atoms with Gasteiger partial charge >= 0.3 is 14.0 Å². The van der Waals surface area contributed by atoms with E-state index < -0.39 is 68.2 Å². The van der Waals surface area contributed by atoms with Crippen LogP contribution in [0.15, 0.2) is 36.7 Å². The number of phosphoric ester groups is 1. The Bertz CT molecular complexity index is 2050. The number of aromatic nitrogens is 3. The molecule has 1 saturated carbocycles. The number of unbranched alkanes of at least 4 members (excludes halogenated alkanes) is 15. The highest BCUT2D eigenvalue weighted by atomic mass is 31.2. The Balaban J connectivity index is 1.09. The number of halogens is 3. The highest BCUT2D eigenvalue weighted by Gasteiger charge is 2.76. The summed E-state index contributed by atoms with van der Waals surface area (Å²) in [4.78, 5) is 14.7. The Kier molecular flexibility index (Phi) is 18.8. The Morgan fingerprint density at radius 2 is 1.54 bits per heavy atom. The van der Waals surface area contributed by atoms with Crippen molar-refractivity contribution in [1.82, 2.24) is 14.6 Å². The minimum atomic E-state index is -4.92. The van der Waals surface area contributed by atoms with E-state index in [4.69, 9.17) is 34.3 Å². The average molecular weight is 907 g/mol. The first kappa shape index (κ1) is 50.3. The van der Waals surface area contributed by atoms with Crippen molar-refractivity contribution in [3.8, 4) is 12.1 Å². The smallest absolute Gasteiger partial charge is 0.387 e. The van der Waals surface area contributed by atoms with Gasteiger partial charge in [-0.1, -0.05) is 109 Å². The highest BCUT2D eigenvalue weighted by Crippen LogP contribution is 2.62. The number of ether oxygens (including phenoxy) is 3. The van der Waals surface area contributed by atoms with Gasteiger partial charge < -0.3 is 35.1 Å². The molecule has 63 heavy (non-hydrogen) atoms. The van der Waals surface area contributed by atoms with E-state index in [1.165, 1.54) is 106 Å². The Morgan fingerprint density at radius 3 is 2.14 bits per heavy atom. The Labute approximate surface area is 367 Å². The number of rotatable bonds is 29. The number of nitrogens with zero attached hydrogens (tertiary/aromatic N) is 5. The van der Waals surface area contributed by atoms with Crippen LogP contribution < -0.4 is 5.73 Å². The topological polar surface area (TPSA) is 228 Å². The molecule has 1 saturated heterocycles. The van der Waals surface area contributed by atoms with Crippen LogP contribution in [0.1, 0.15) is 138 Å². The monoisotopic (exact) mass is 906 g/mol. The number of alkyl halides is 3. The fourth-order valence-corrected chi connectivity index (χ4v) is 9.21. The molecule has 0 radical (unpaired) electrons. The van der Waals surface area contributed by atoms with Crippen molar-refractivity contribution in [1.29, 1.82) is 10.5 Å². The second-order valence-corrected chi connectivity index (χ2v) is 18.2. The van der Waals surface area contributed by atoms with Gasteiger partial charge in [-0.3, -0.25) is 9.05 Å². The number of hydrogen-bond acceptors (Lipinski definition) is 13. The number of aliphatic hydroxyl groups excluding tert-OH is 2. The zero-order valence-corrected chi connectivity index (χ0v) is 36.9. The fourth-order valence-electron chi connectivity index (χ4n) is 8.18. The molecule has 2 aliphatic rings. The van der Waals surface area contributed by atoms with E-state index in [1.807, 2.05) is 6.07 Å². The maximum Gasteiger partial charge on any atom is 0.472 e. The SMILES string of the molecule is CCCCCCCCCCCCCCCCCCOC[C@@H](COCc1ccc(C#N)cc1C(F)(F)F)COP(=O)(O)O[C@H]1C[C@]12O[C@@](C#N)(c1ccc3c(N)ncnn13)[C@H](O)[C@@H]2O. The van der Waals surface area contributed by atoms with Gasteiger partial charge in [-0.05, 0) is 36.2 Å². The van der Waals surface area contributed by atoms with E-state index in [0.29, 0.717) is 12.1 Å². The first-order valence-corrected chi connectivity index (χ1v) is 23.7. The summed E-state index contributed by atoms with van der Waals surface area (Å²) in [6, 6.07) is 9.75. The molecular formula is C44H62F3N6O9P. The molecule has 5 N–H and O–H groups in total. The summed E-state index contributed by atoms with van der Waals surface area (Å²) in [6.07, 6.45) is 11.0. The number of benzene rings is 1. The van der Waals surface area contributed by atoms with Crippen molar-refractivity contribution in [2.24, 2.45) is 5.92 Å². The number of hydrogen-bond donors (Lipinski definition) is 4. The predicted molar refractivity (Wildman–Crippen MR) is 225 cm³/mol. The normalized spacial score (nSPS) is 23.5. The van der Waals surface area contributed by atoms with Gasteiger partial charge in [0, 0.05) is 18.9 Å². The summed E-state index contributed by atoms with van der Waals surface area (Å²) >= 11 is 0. The van der Waals surface area contributed by atoms with Crippen LogP contribution in [0.5, 0.6) is 0 Å². The van der Waals surface area contributed by atoms with Crippen LogP contribution in [0.3, 0.4) is 0 Å². The summed E-state index contributed by atoms with van der Waals surface area (Å²) in [5, 5.41) is 45.8. The molecule has 1 unspecified atom stereocenters. The number of nitriles is 2. The van der Waals surface area contributed by atoms with E-state index in [2.05, 4.69) is 17.0 Å². The van der Waals surface area contributed by atoms with Gasteiger partial charge in [-0.2, -0.15) is 28.8 Å². The van der Waals surface area contributed by atoms with Crippen LogP contribution >= 0.6 is 7.82 Å². The lowest BCUT2D eigenvalue weighted by Gasteiger charge is -2.24. The highest BCUT2D eigenvalue weighted by molar-refractivity contribution is 7.47. The summed E-state index contributed by atoms with van der Waals surface area (Å²) in [7, 11) is -4.92. The molecule has 1 spiro atoms. The van der Waals surface area contributed by atoms with Crippen molar-refractivity contribution in [2.45, 2.75) is 158 Å². The van der Waals surface area contributed by atoms with Crippen LogP contribution in [-0.4, -0.2) is 80.0 Å². The third kappa shape index (κ3) is 13.4. The number of nitrogens with two attached hydrogens (primary N) is 1. The quantitative estimate of drug-likeness (QED) is 0.0379. The molecule has 0 bridgehead atoms. The number of phosphoric acid groups is 1. The lowest BCUT2D eigenvalue weighted by atomic mass is 9.92. The van der Waals surface area contributed by atoms with E-state index in [9.17, 15) is 38.1 Å². The van der Waals surface area contributed by atoms with Crippen molar-refractivity contribution < 1.29 is 56.1 Å². The van der Waals surface area contributed by atoms with Gasteiger partial charge in [-0.15, -0.1) is 0 Å². The molecule has 348 valence electrons. The van der Waals surface area contributed by atoms with E-state index in [-0.39, 0.29) is 42.3 Å². The zero-order chi connectivity index (χ0) is 45.5. The molecule has 0 amide bonds. The first-order valence-electron chi connectivity index (χ1n) is 22.2. The third-order valence-electron chi connectivity index (χ3n) is 11.9. The predicted octanol–water partition coefficient (Wildman–Crippen LogP) is 8.43.